The standard InChI is InChI=1S/C17H29NO3Si/c1-16(2,3)22(5,6)21-14-9-7-13(8-10-14)11-12-17(4,18)15(19)20/h7-10H,11-12,18H2,1-6H3,(H,19,20). The third-order valence-electron chi connectivity index (χ3n) is 4.52. The minimum absolute atomic E-state index is 0.161. The molecule has 22 heavy (non-hydrogen) atoms. The van der Waals surface area contributed by atoms with Gasteiger partial charge < -0.3 is 15.3 Å². The Balaban J connectivity index is 2.70. The number of carbonyl (C=O) groups is 1. The SMILES string of the molecule is CC(N)(CCc1ccc(O[Si](C)(C)C(C)(C)C)cc1)C(=O)O. The fourth-order valence-electron chi connectivity index (χ4n) is 1.68. The minimum Gasteiger partial charge on any atom is -0.544 e. The molecule has 0 aliphatic heterocycles. The lowest BCUT2D eigenvalue weighted by atomic mass is 9.94. The van der Waals surface area contributed by atoms with E-state index in [-0.39, 0.29) is 5.04 Å². The summed E-state index contributed by atoms with van der Waals surface area (Å²) in [6.07, 6.45) is 1.05. The quantitative estimate of drug-likeness (QED) is 0.781. The van der Waals surface area contributed by atoms with Crippen LogP contribution in [0.5, 0.6) is 5.75 Å². The summed E-state index contributed by atoms with van der Waals surface area (Å²) >= 11 is 0. The van der Waals surface area contributed by atoms with Crippen LogP contribution in [0.3, 0.4) is 0 Å². The summed E-state index contributed by atoms with van der Waals surface area (Å²) in [5, 5.41) is 9.19. The maximum atomic E-state index is 11.0. The van der Waals surface area contributed by atoms with Crippen molar-refractivity contribution in [2.45, 2.75) is 64.2 Å². The number of rotatable bonds is 6. The second kappa shape index (κ2) is 6.42. The van der Waals surface area contributed by atoms with Gasteiger partial charge in [0.2, 0.25) is 8.32 Å². The summed E-state index contributed by atoms with van der Waals surface area (Å²) in [5.74, 6) is -0.0885. The van der Waals surface area contributed by atoms with Gasteiger partial charge in [0.1, 0.15) is 11.3 Å². The van der Waals surface area contributed by atoms with Crippen LogP contribution >= 0.6 is 0 Å². The first-order valence-electron chi connectivity index (χ1n) is 7.65. The molecule has 0 saturated carbocycles. The summed E-state index contributed by atoms with van der Waals surface area (Å²) in [7, 11) is -1.82. The summed E-state index contributed by atoms with van der Waals surface area (Å²) in [4.78, 5) is 11.0. The average Bonchev–Trinajstić information content (AvgIpc) is 2.36. The molecule has 1 unspecified atom stereocenters. The van der Waals surface area contributed by atoms with Gasteiger partial charge in [-0.3, -0.25) is 4.79 Å². The van der Waals surface area contributed by atoms with Crippen molar-refractivity contribution < 1.29 is 14.3 Å². The molecule has 1 atom stereocenters. The van der Waals surface area contributed by atoms with Crippen molar-refractivity contribution in [2.24, 2.45) is 5.73 Å². The van der Waals surface area contributed by atoms with E-state index in [1.807, 2.05) is 24.3 Å². The fraction of sp³-hybridized carbons (Fsp3) is 0.588. The Labute approximate surface area is 134 Å². The zero-order chi connectivity index (χ0) is 17.2. The predicted octanol–water partition coefficient (Wildman–Crippen LogP) is 3.81. The highest BCUT2D eigenvalue weighted by Crippen LogP contribution is 2.37. The van der Waals surface area contributed by atoms with Crippen LogP contribution in [-0.4, -0.2) is 24.9 Å². The topological polar surface area (TPSA) is 72.5 Å². The summed E-state index contributed by atoms with van der Waals surface area (Å²) in [6.45, 7) is 12.6. The Hall–Kier alpha value is -1.33. The molecule has 1 rings (SSSR count). The van der Waals surface area contributed by atoms with Gasteiger partial charge >= 0.3 is 5.97 Å². The van der Waals surface area contributed by atoms with Crippen LogP contribution in [-0.2, 0) is 11.2 Å². The van der Waals surface area contributed by atoms with Crippen molar-refractivity contribution in [2.75, 3.05) is 0 Å². The van der Waals surface area contributed by atoms with Crippen molar-refractivity contribution in [1.29, 1.82) is 0 Å². The summed E-state index contributed by atoms with van der Waals surface area (Å²) < 4.78 is 6.22. The molecule has 124 valence electrons. The maximum Gasteiger partial charge on any atom is 0.323 e. The molecule has 4 nitrogen and oxygen atoms in total. The number of carboxylic acids is 1. The predicted molar refractivity (Wildman–Crippen MR) is 92.8 cm³/mol. The first kappa shape index (κ1) is 18.7. The number of aliphatic carboxylic acids is 1. The van der Waals surface area contributed by atoms with E-state index in [0.29, 0.717) is 12.8 Å². The molecule has 0 bridgehead atoms. The number of hydrogen-bond acceptors (Lipinski definition) is 3. The average molecular weight is 324 g/mol. The lowest BCUT2D eigenvalue weighted by Crippen LogP contribution is -2.45. The van der Waals surface area contributed by atoms with E-state index in [2.05, 4.69) is 33.9 Å². The highest BCUT2D eigenvalue weighted by molar-refractivity contribution is 6.74. The molecule has 3 N–H and O–H groups in total. The Bertz CT molecular complexity index is 516. The summed E-state index contributed by atoms with van der Waals surface area (Å²) in [6, 6.07) is 7.90. The number of aryl methyl sites for hydroxylation is 1. The highest BCUT2D eigenvalue weighted by atomic mass is 28.4. The van der Waals surface area contributed by atoms with Gasteiger partial charge in [0.05, 0.1) is 0 Å². The first-order valence-corrected chi connectivity index (χ1v) is 10.6. The van der Waals surface area contributed by atoms with Crippen molar-refractivity contribution in [3.8, 4) is 5.75 Å². The van der Waals surface area contributed by atoms with Gasteiger partial charge in [-0.1, -0.05) is 32.9 Å². The second-order valence-corrected chi connectivity index (χ2v) is 12.5. The molecule has 0 radical (unpaired) electrons. The number of carboxylic acid groups (broad SMARTS) is 1. The smallest absolute Gasteiger partial charge is 0.323 e. The molecule has 0 aliphatic rings. The largest absolute Gasteiger partial charge is 0.544 e. The third kappa shape index (κ3) is 4.85. The molecule has 0 aliphatic carbocycles. The van der Waals surface area contributed by atoms with E-state index in [4.69, 9.17) is 15.3 Å². The maximum absolute atomic E-state index is 11.0. The van der Waals surface area contributed by atoms with Crippen LogP contribution in [0.15, 0.2) is 24.3 Å². The first-order chi connectivity index (χ1) is 9.85. The van der Waals surface area contributed by atoms with Crippen molar-refractivity contribution >= 4 is 14.3 Å². The van der Waals surface area contributed by atoms with Crippen LogP contribution in [0.25, 0.3) is 0 Å². The second-order valence-electron chi connectivity index (χ2n) is 7.73. The lowest BCUT2D eigenvalue weighted by Gasteiger charge is -2.36. The van der Waals surface area contributed by atoms with Crippen LogP contribution < -0.4 is 10.2 Å². The Morgan fingerprint density at radius 1 is 1.18 bits per heavy atom. The van der Waals surface area contributed by atoms with Gasteiger partial charge in [-0.2, -0.15) is 0 Å². The molecule has 0 spiro atoms. The van der Waals surface area contributed by atoms with Gasteiger partial charge in [-0.05, 0) is 55.6 Å². The van der Waals surface area contributed by atoms with E-state index in [1.165, 1.54) is 0 Å². The molecular formula is C17H29NO3Si. The molecule has 0 amide bonds. The van der Waals surface area contributed by atoms with E-state index in [1.54, 1.807) is 6.92 Å². The number of nitrogens with two attached hydrogens (primary N) is 1. The van der Waals surface area contributed by atoms with E-state index in [9.17, 15) is 4.79 Å². The summed E-state index contributed by atoms with van der Waals surface area (Å²) in [5.41, 5.74) is 5.64. The zero-order valence-electron chi connectivity index (χ0n) is 14.6. The van der Waals surface area contributed by atoms with Gasteiger partial charge in [-0.15, -0.1) is 0 Å². The van der Waals surface area contributed by atoms with Gasteiger partial charge in [0.25, 0.3) is 0 Å². The van der Waals surface area contributed by atoms with Gasteiger partial charge in [-0.25, -0.2) is 0 Å². The van der Waals surface area contributed by atoms with Gasteiger partial charge in [0.15, 0.2) is 0 Å². The van der Waals surface area contributed by atoms with E-state index < -0.39 is 19.8 Å². The minimum atomic E-state index is -1.82. The Morgan fingerprint density at radius 2 is 1.68 bits per heavy atom. The third-order valence-corrected chi connectivity index (χ3v) is 8.88. The normalized spacial score (nSPS) is 15.2. The zero-order valence-corrected chi connectivity index (χ0v) is 15.6. The van der Waals surface area contributed by atoms with Crippen molar-refractivity contribution in [1.82, 2.24) is 0 Å². The van der Waals surface area contributed by atoms with Crippen LogP contribution in [0, 0.1) is 0 Å². The van der Waals surface area contributed by atoms with E-state index >= 15 is 0 Å². The molecule has 1 aromatic carbocycles. The van der Waals surface area contributed by atoms with Crippen LogP contribution in [0.4, 0.5) is 0 Å². The fourth-order valence-corrected chi connectivity index (χ4v) is 2.71. The van der Waals surface area contributed by atoms with Crippen molar-refractivity contribution in [3.05, 3.63) is 29.8 Å². The van der Waals surface area contributed by atoms with Crippen molar-refractivity contribution in [3.63, 3.8) is 0 Å². The van der Waals surface area contributed by atoms with Crippen LogP contribution in [0.2, 0.25) is 18.1 Å². The molecule has 5 heteroatoms. The Kier molecular flexibility index (Phi) is 5.46. The van der Waals surface area contributed by atoms with Crippen LogP contribution in [0.1, 0.15) is 39.7 Å². The lowest BCUT2D eigenvalue weighted by molar-refractivity contribution is -0.142. The number of hydrogen-bond donors (Lipinski definition) is 2. The Morgan fingerprint density at radius 3 is 2.09 bits per heavy atom. The molecule has 0 saturated heterocycles. The molecule has 0 aromatic heterocycles. The van der Waals surface area contributed by atoms with E-state index in [0.717, 1.165) is 11.3 Å². The highest BCUT2D eigenvalue weighted by Gasteiger charge is 2.38. The molecular weight excluding hydrogens is 294 g/mol. The molecule has 0 fully saturated rings. The number of benzene rings is 1. The van der Waals surface area contributed by atoms with Gasteiger partial charge in [0, 0.05) is 0 Å². The monoisotopic (exact) mass is 323 g/mol. The molecule has 0 heterocycles. The molecule has 1 aromatic rings.